The van der Waals surface area contributed by atoms with Gasteiger partial charge in [-0.15, -0.1) is 22.6 Å². The van der Waals surface area contributed by atoms with E-state index >= 15 is 0 Å². The van der Waals surface area contributed by atoms with Crippen molar-refractivity contribution in [2.75, 3.05) is 5.32 Å². The molecule has 0 fully saturated rings. The van der Waals surface area contributed by atoms with Gasteiger partial charge in [0.2, 0.25) is 11.0 Å². The fourth-order valence-electron chi connectivity index (χ4n) is 0.757. The van der Waals surface area contributed by atoms with Crippen LogP contribution >= 0.6 is 23.7 Å². The highest BCUT2D eigenvalue weighted by atomic mass is 35.5. The number of halogens is 3. The molecule has 0 bridgehead atoms. The van der Waals surface area contributed by atoms with E-state index in [1.54, 1.807) is 6.92 Å². The summed E-state index contributed by atoms with van der Waals surface area (Å²) in [5, 5.41) is 8.55. The summed E-state index contributed by atoms with van der Waals surface area (Å²) in [5.74, 6) is -0.450. The van der Waals surface area contributed by atoms with E-state index in [4.69, 9.17) is 5.73 Å². The van der Waals surface area contributed by atoms with E-state index in [1.807, 2.05) is 0 Å². The topological polar surface area (TPSA) is 80.9 Å². The Balaban J connectivity index is 0.00000225. The second-order valence-corrected chi connectivity index (χ2v) is 3.76. The van der Waals surface area contributed by atoms with Crippen LogP contribution < -0.4 is 11.1 Å². The second-order valence-electron chi connectivity index (χ2n) is 2.75. The van der Waals surface area contributed by atoms with Gasteiger partial charge in [0.15, 0.2) is 5.01 Å². The van der Waals surface area contributed by atoms with Crippen LogP contribution in [0.2, 0.25) is 0 Å². The number of nitrogens with two attached hydrogens (primary N) is 1. The van der Waals surface area contributed by atoms with Crippen LogP contribution in [0.15, 0.2) is 0 Å². The van der Waals surface area contributed by atoms with E-state index in [2.05, 4.69) is 15.5 Å². The van der Waals surface area contributed by atoms with Crippen molar-refractivity contribution in [3.05, 3.63) is 5.01 Å². The minimum atomic E-state index is -2.67. The van der Waals surface area contributed by atoms with E-state index in [9.17, 15) is 13.6 Å². The third-order valence-electron chi connectivity index (χ3n) is 1.63. The smallest absolute Gasteiger partial charge is 0.291 e. The zero-order valence-corrected chi connectivity index (χ0v) is 9.95. The average Bonchev–Trinajstić information content (AvgIpc) is 2.65. The molecule has 0 spiro atoms. The van der Waals surface area contributed by atoms with Gasteiger partial charge >= 0.3 is 0 Å². The Hall–Kier alpha value is -0.860. The largest absolute Gasteiger partial charge is 0.320 e. The Morgan fingerprint density at radius 2 is 2.19 bits per heavy atom. The van der Waals surface area contributed by atoms with Crippen molar-refractivity contribution in [3.63, 3.8) is 0 Å². The maximum Gasteiger partial charge on any atom is 0.291 e. The second kappa shape index (κ2) is 6.66. The molecule has 1 heterocycles. The fourth-order valence-corrected chi connectivity index (χ4v) is 1.36. The van der Waals surface area contributed by atoms with E-state index in [0.29, 0.717) is 17.8 Å². The zero-order chi connectivity index (χ0) is 11.4. The van der Waals surface area contributed by atoms with Crippen LogP contribution in [0.4, 0.5) is 13.9 Å². The van der Waals surface area contributed by atoms with Gasteiger partial charge in [-0.2, -0.15) is 0 Å². The summed E-state index contributed by atoms with van der Waals surface area (Å²) in [6.45, 7) is 1.74. The first-order valence-corrected chi connectivity index (χ1v) is 5.04. The van der Waals surface area contributed by atoms with Crippen LogP contribution in [0.25, 0.3) is 0 Å². The van der Waals surface area contributed by atoms with Crippen LogP contribution in [-0.4, -0.2) is 22.1 Å². The number of nitrogens with one attached hydrogen (secondary N) is 1. The van der Waals surface area contributed by atoms with Crippen LogP contribution in [0, 0.1) is 0 Å². The molecule has 0 saturated carbocycles. The molecule has 0 aromatic carbocycles. The normalized spacial score (nSPS) is 12.1. The van der Waals surface area contributed by atoms with E-state index in [0.717, 1.165) is 0 Å². The van der Waals surface area contributed by atoms with Crippen LogP contribution in [0.5, 0.6) is 0 Å². The molecule has 92 valence electrons. The number of aromatic nitrogens is 2. The Kier molecular flexibility index (Phi) is 6.31. The zero-order valence-electron chi connectivity index (χ0n) is 8.31. The number of carbonyl (C=O) groups excluding carboxylic acids is 1. The number of amides is 1. The molecule has 1 aromatic heterocycles. The molecule has 1 aromatic rings. The quantitative estimate of drug-likeness (QED) is 0.872. The van der Waals surface area contributed by atoms with E-state index in [-0.39, 0.29) is 17.5 Å². The summed E-state index contributed by atoms with van der Waals surface area (Å²) < 4.78 is 24.2. The summed E-state index contributed by atoms with van der Waals surface area (Å²) in [6.07, 6.45) is -2.21. The number of alkyl halides is 2. The molecule has 9 heteroatoms. The molecular formula is C7H11ClF2N4OS. The summed E-state index contributed by atoms with van der Waals surface area (Å²) in [6, 6.07) is -0.663. The molecule has 0 saturated heterocycles. The lowest BCUT2D eigenvalue weighted by Gasteiger charge is -2.06. The molecule has 0 aliphatic carbocycles. The minimum Gasteiger partial charge on any atom is -0.320 e. The summed E-state index contributed by atoms with van der Waals surface area (Å²) in [4.78, 5) is 11.2. The summed E-state index contributed by atoms with van der Waals surface area (Å²) in [5.41, 5.74) is 5.43. The number of hydrogen-bond acceptors (Lipinski definition) is 5. The molecule has 3 N–H and O–H groups in total. The highest BCUT2D eigenvalue weighted by Gasteiger charge is 2.17. The van der Waals surface area contributed by atoms with Crippen molar-refractivity contribution in [3.8, 4) is 0 Å². The number of rotatable bonds is 4. The van der Waals surface area contributed by atoms with Crippen molar-refractivity contribution < 1.29 is 13.6 Å². The maximum atomic E-state index is 12.1. The molecule has 16 heavy (non-hydrogen) atoms. The Bertz CT molecular complexity index is 349. The monoisotopic (exact) mass is 272 g/mol. The molecule has 0 unspecified atom stereocenters. The predicted octanol–water partition coefficient (Wildman–Crippen LogP) is 1.57. The number of carbonyl (C=O) groups is 1. The molecule has 1 amide bonds. The lowest BCUT2D eigenvalue weighted by atomic mass is 10.2. The van der Waals surface area contributed by atoms with E-state index < -0.39 is 23.4 Å². The van der Waals surface area contributed by atoms with Gasteiger partial charge in [-0.05, 0) is 6.42 Å². The van der Waals surface area contributed by atoms with Crippen LogP contribution in [0.1, 0.15) is 24.8 Å². The maximum absolute atomic E-state index is 12.1. The van der Waals surface area contributed by atoms with Crippen molar-refractivity contribution in [2.24, 2.45) is 5.73 Å². The molecular weight excluding hydrogens is 262 g/mol. The number of anilines is 1. The minimum absolute atomic E-state index is 0. The van der Waals surface area contributed by atoms with Crippen molar-refractivity contribution in [2.45, 2.75) is 25.8 Å². The van der Waals surface area contributed by atoms with Crippen LogP contribution in [-0.2, 0) is 4.79 Å². The van der Waals surface area contributed by atoms with Crippen molar-refractivity contribution >= 4 is 34.8 Å². The first kappa shape index (κ1) is 15.1. The molecule has 0 aliphatic rings. The number of hydrogen-bond donors (Lipinski definition) is 2. The van der Waals surface area contributed by atoms with Gasteiger partial charge in [0.1, 0.15) is 0 Å². The molecule has 0 aliphatic heterocycles. The van der Waals surface area contributed by atoms with Gasteiger partial charge in [0.25, 0.3) is 6.43 Å². The third kappa shape index (κ3) is 3.95. The molecule has 0 radical (unpaired) electrons. The van der Waals surface area contributed by atoms with Crippen molar-refractivity contribution in [1.29, 1.82) is 0 Å². The Morgan fingerprint density at radius 3 is 2.62 bits per heavy atom. The van der Waals surface area contributed by atoms with Gasteiger partial charge < -0.3 is 5.73 Å². The molecule has 1 atom stereocenters. The van der Waals surface area contributed by atoms with Gasteiger partial charge in [0, 0.05) is 0 Å². The lowest BCUT2D eigenvalue weighted by molar-refractivity contribution is -0.117. The molecule has 1 rings (SSSR count). The Labute approximate surface area is 101 Å². The van der Waals surface area contributed by atoms with E-state index in [1.165, 1.54) is 0 Å². The van der Waals surface area contributed by atoms with Gasteiger partial charge in [0.05, 0.1) is 6.04 Å². The first-order valence-electron chi connectivity index (χ1n) is 4.22. The van der Waals surface area contributed by atoms with Gasteiger partial charge in [-0.25, -0.2) is 8.78 Å². The third-order valence-corrected chi connectivity index (χ3v) is 2.48. The fraction of sp³-hybridized carbons (Fsp3) is 0.571. The van der Waals surface area contributed by atoms with Crippen molar-refractivity contribution in [1.82, 2.24) is 10.2 Å². The average molecular weight is 273 g/mol. The summed E-state index contributed by atoms with van der Waals surface area (Å²) >= 11 is 0.637. The summed E-state index contributed by atoms with van der Waals surface area (Å²) in [7, 11) is 0. The van der Waals surface area contributed by atoms with Gasteiger partial charge in [-0.3, -0.25) is 10.1 Å². The first-order chi connectivity index (χ1) is 7.04. The number of nitrogens with zero attached hydrogens (tertiary/aromatic N) is 2. The Morgan fingerprint density at radius 1 is 1.56 bits per heavy atom. The lowest BCUT2D eigenvalue weighted by Crippen LogP contribution is -2.34. The van der Waals surface area contributed by atoms with Gasteiger partial charge in [-0.1, -0.05) is 18.3 Å². The SMILES string of the molecule is CC[C@H](N)C(=O)Nc1nnc(C(F)F)s1.Cl. The standard InChI is InChI=1S/C7H10F2N4OS.ClH/c1-2-3(10)5(14)11-7-13-12-6(15-7)4(8)9;/h3-4H,2,10H2,1H3,(H,11,13,14);1H/t3-;/m0./s1. The molecule has 5 nitrogen and oxygen atoms in total. The predicted molar refractivity (Wildman–Crippen MR) is 59.0 cm³/mol. The van der Waals surface area contributed by atoms with Crippen LogP contribution in [0.3, 0.4) is 0 Å². The highest BCUT2D eigenvalue weighted by Crippen LogP contribution is 2.24. The highest BCUT2D eigenvalue weighted by molar-refractivity contribution is 7.15.